The number of anilines is 1. The number of hydrogen-bond donors (Lipinski definition) is 1. The monoisotopic (exact) mass is 294 g/mol. The van der Waals surface area contributed by atoms with Gasteiger partial charge in [-0.25, -0.2) is 9.78 Å². The average molecular weight is 294 g/mol. The number of carboxylic acids is 1. The maximum Gasteiger partial charge on any atom is 0.356 e. The van der Waals surface area contributed by atoms with E-state index in [1.54, 1.807) is 10.6 Å². The van der Waals surface area contributed by atoms with Gasteiger partial charge in [-0.15, -0.1) is 11.3 Å². The van der Waals surface area contributed by atoms with Crippen LogP contribution in [-0.2, 0) is 0 Å². The maximum absolute atomic E-state index is 11.5. The third-order valence-corrected chi connectivity index (χ3v) is 4.41. The number of hydrogen-bond acceptors (Lipinski definition) is 5. The van der Waals surface area contributed by atoms with Gasteiger partial charge in [0.1, 0.15) is 0 Å². The minimum absolute atomic E-state index is 0.283. The molecule has 0 radical (unpaired) electrons. The van der Waals surface area contributed by atoms with Crippen molar-refractivity contribution in [2.45, 2.75) is 13.3 Å². The van der Waals surface area contributed by atoms with Crippen molar-refractivity contribution in [1.82, 2.24) is 14.3 Å². The molecule has 7 heteroatoms. The summed E-state index contributed by atoms with van der Waals surface area (Å²) in [6, 6.07) is 0. The molecule has 1 saturated heterocycles. The molecule has 0 saturated carbocycles. The number of nitrogens with zero attached hydrogens (tertiary/aromatic N) is 4. The van der Waals surface area contributed by atoms with Crippen LogP contribution in [0.4, 0.5) is 5.82 Å². The van der Waals surface area contributed by atoms with Crippen molar-refractivity contribution in [3.05, 3.63) is 17.3 Å². The molecule has 3 rings (SSSR count). The summed E-state index contributed by atoms with van der Waals surface area (Å²) < 4.78 is 1.67. The lowest BCUT2D eigenvalue weighted by Gasteiger charge is -2.34. The molecule has 0 atom stereocenters. The van der Waals surface area contributed by atoms with Gasteiger partial charge < -0.3 is 10.0 Å². The average Bonchev–Trinajstić information content (AvgIpc) is 2.99. The second kappa shape index (κ2) is 5.41. The Labute approximate surface area is 121 Å². The Bertz CT molecular complexity index is 613. The molecule has 0 aromatic carbocycles. The summed E-state index contributed by atoms with van der Waals surface area (Å²) >= 11 is 1.46. The topological polar surface area (TPSA) is 61.1 Å². The van der Waals surface area contributed by atoms with E-state index >= 15 is 0 Å². The Kier molecular flexibility index (Phi) is 3.62. The number of aromatic carboxylic acids is 1. The minimum atomic E-state index is -0.915. The number of imidazole rings is 1. The SMILES string of the molecule is CCCN1CCN(c2nc3sccn3c2C(=O)O)CC1. The summed E-state index contributed by atoms with van der Waals surface area (Å²) in [5.74, 6) is -0.303. The molecule has 1 aliphatic rings. The molecule has 0 unspecified atom stereocenters. The Morgan fingerprint density at radius 1 is 1.40 bits per heavy atom. The number of rotatable bonds is 4. The molecule has 2 aromatic heterocycles. The van der Waals surface area contributed by atoms with Crippen molar-refractivity contribution in [3.63, 3.8) is 0 Å². The molecule has 3 heterocycles. The molecule has 1 N–H and O–H groups in total. The highest BCUT2D eigenvalue weighted by molar-refractivity contribution is 7.15. The van der Waals surface area contributed by atoms with Gasteiger partial charge >= 0.3 is 5.97 Å². The third kappa shape index (κ3) is 2.27. The van der Waals surface area contributed by atoms with Crippen molar-refractivity contribution in [2.24, 2.45) is 0 Å². The fourth-order valence-electron chi connectivity index (χ4n) is 2.69. The van der Waals surface area contributed by atoms with E-state index in [1.165, 1.54) is 11.3 Å². The summed E-state index contributed by atoms with van der Waals surface area (Å²) in [7, 11) is 0. The van der Waals surface area contributed by atoms with E-state index in [9.17, 15) is 9.90 Å². The Morgan fingerprint density at radius 2 is 2.15 bits per heavy atom. The van der Waals surface area contributed by atoms with Gasteiger partial charge in [0.05, 0.1) is 0 Å². The molecular formula is C13H18N4O2S. The Morgan fingerprint density at radius 3 is 2.80 bits per heavy atom. The maximum atomic E-state index is 11.5. The summed E-state index contributed by atoms with van der Waals surface area (Å²) in [5.41, 5.74) is 0.283. The smallest absolute Gasteiger partial charge is 0.356 e. The first-order chi connectivity index (χ1) is 9.70. The summed E-state index contributed by atoms with van der Waals surface area (Å²) in [6.07, 6.45) is 2.92. The molecule has 0 amide bonds. The van der Waals surface area contributed by atoms with Gasteiger partial charge in [-0.05, 0) is 13.0 Å². The minimum Gasteiger partial charge on any atom is -0.476 e. The third-order valence-electron chi connectivity index (χ3n) is 3.66. The normalized spacial score (nSPS) is 16.9. The fraction of sp³-hybridized carbons (Fsp3) is 0.538. The molecule has 6 nitrogen and oxygen atoms in total. The van der Waals surface area contributed by atoms with Crippen LogP contribution in [0.25, 0.3) is 4.96 Å². The zero-order chi connectivity index (χ0) is 14.1. The predicted molar refractivity (Wildman–Crippen MR) is 79.0 cm³/mol. The van der Waals surface area contributed by atoms with Crippen LogP contribution in [0.2, 0.25) is 0 Å². The number of fused-ring (bicyclic) bond motifs is 1. The Hall–Kier alpha value is -1.60. The summed E-state index contributed by atoms with van der Waals surface area (Å²) in [4.78, 5) is 21.3. The van der Waals surface area contributed by atoms with E-state index in [1.807, 2.05) is 5.38 Å². The van der Waals surface area contributed by atoms with Gasteiger partial charge in [-0.3, -0.25) is 9.30 Å². The lowest BCUT2D eigenvalue weighted by Crippen LogP contribution is -2.47. The molecule has 0 spiro atoms. The first-order valence-electron chi connectivity index (χ1n) is 6.87. The van der Waals surface area contributed by atoms with Gasteiger partial charge in [0.15, 0.2) is 16.5 Å². The number of carboxylic acid groups (broad SMARTS) is 1. The van der Waals surface area contributed by atoms with Gasteiger partial charge in [0, 0.05) is 37.8 Å². The Balaban J connectivity index is 1.85. The van der Waals surface area contributed by atoms with Crippen molar-refractivity contribution >= 4 is 28.1 Å². The van der Waals surface area contributed by atoms with Crippen LogP contribution in [-0.4, -0.2) is 58.1 Å². The molecule has 0 aliphatic carbocycles. The van der Waals surface area contributed by atoms with Crippen LogP contribution in [0.1, 0.15) is 23.8 Å². The quantitative estimate of drug-likeness (QED) is 0.928. The van der Waals surface area contributed by atoms with Gasteiger partial charge in [-0.1, -0.05) is 6.92 Å². The van der Waals surface area contributed by atoms with Crippen molar-refractivity contribution in [2.75, 3.05) is 37.6 Å². The number of thiazole rings is 1. The zero-order valence-corrected chi connectivity index (χ0v) is 12.3. The lowest BCUT2D eigenvalue weighted by molar-refractivity contribution is 0.0690. The zero-order valence-electron chi connectivity index (χ0n) is 11.4. The number of aromatic nitrogens is 2. The second-order valence-corrected chi connectivity index (χ2v) is 5.85. The molecule has 20 heavy (non-hydrogen) atoms. The second-order valence-electron chi connectivity index (χ2n) is 4.97. The van der Waals surface area contributed by atoms with Gasteiger partial charge in [0.2, 0.25) is 0 Å². The van der Waals surface area contributed by atoms with Gasteiger partial charge in [-0.2, -0.15) is 0 Å². The van der Waals surface area contributed by atoms with E-state index in [4.69, 9.17) is 0 Å². The largest absolute Gasteiger partial charge is 0.476 e. The molecule has 2 aromatic rings. The summed E-state index contributed by atoms with van der Waals surface area (Å²) in [5, 5.41) is 11.3. The highest BCUT2D eigenvalue weighted by Gasteiger charge is 2.26. The van der Waals surface area contributed by atoms with Crippen LogP contribution in [0, 0.1) is 0 Å². The van der Waals surface area contributed by atoms with E-state index in [-0.39, 0.29) is 5.69 Å². The predicted octanol–water partition coefficient (Wildman–Crippen LogP) is 1.63. The fourth-order valence-corrected chi connectivity index (χ4v) is 3.40. The lowest BCUT2D eigenvalue weighted by atomic mass is 10.2. The van der Waals surface area contributed by atoms with E-state index in [2.05, 4.69) is 21.7 Å². The highest BCUT2D eigenvalue weighted by atomic mass is 32.1. The molecular weight excluding hydrogens is 276 g/mol. The van der Waals surface area contributed by atoms with Crippen molar-refractivity contribution in [3.8, 4) is 0 Å². The van der Waals surface area contributed by atoms with Gasteiger partial charge in [0.25, 0.3) is 0 Å². The van der Waals surface area contributed by atoms with Crippen LogP contribution in [0.3, 0.4) is 0 Å². The first-order valence-corrected chi connectivity index (χ1v) is 7.75. The molecule has 108 valence electrons. The van der Waals surface area contributed by atoms with Crippen LogP contribution >= 0.6 is 11.3 Å². The molecule has 1 aliphatic heterocycles. The van der Waals surface area contributed by atoms with Crippen LogP contribution in [0.5, 0.6) is 0 Å². The number of carbonyl (C=O) groups is 1. The molecule has 0 bridgehead atoms. The summed E-state index contributed by atoms with van der Waals surface area (Å²) in [6.45, 7) is 6.91. The first kappa shape index (κ1) is 13.4. The van der Waals surface area contributed by atoms with Crippen LogP contribution in [0.15, 0.2) is 11.6 Å². The van der Waals surface area contributed by atoms with E-state index < -0.39 is 5.97 Å². The van der Waals surface area contributed by atoms with Crippen molar-refractivity contribution < 1.29 is 9.90 Å². The van der Waals surface area contributed by atoms with E-state index in [0.29, 0.717) is 5.82 Å². The van der Waals surface area contributed by atoms with Crippen molar-refractivity contribution in [1.29, 1.82) is 0 Å². The van der Waals surface area contributed by atoms with E-state index in [0.717, 1.165) is 44.1 Å². The van der Waals surface area contributed by atoms with Crippen LogP contribution < -0.4 is 4.90 Å². The highest BCUT2D eigenvalue weighted by Crippen LogP contribution is 2.25. The number of piperazine rings is 1. The standard InChI is InChI=1S/C13H18N4O2S/c1-2-3-15-4-6-16(7-5-15)11-10(12(18)19)17-8-9-20-13(17)14-11/h8-9H,2-7H2,1H3,(H,18,19). The molecule has 1 fully saturated rings.